The van der Waals surface area contributed by atoms with Gasteiger partial charge in [-0.2, -0.15) is 0 Å². The van der Waals surface area contributed by atoms with Crippen LogP contribution in [0.5, 0.6) is 0 Å². The number of ether oxygens (including phenoxy) is 2. The number of nitrogens with zero attached hydrogens (tertiary/aromatic N) is 1. The summed E-state index contributed by atoms with van der Waals surface area (Å²) in [5, 5.41) is 0. The van der Waals surface area contributed by atoms with Crippen LogP contribution in [0.15, 0.2) is 60.7 Å². The summed E-state index contributed by atoms with van der Waals surface area (Å²) in [7, 11) is 0. The van der Waals surface area contributed by atoms with Gasteiger partial charge in [0.2, 0.25) is 0 Å². The highest BCUT2D eigenvalue weighted by Gasteiger charge is 2.34. The van der Waals surface area contributed by atoms with Gasteiger partial charge in [0.1, 0.15) is 0 Å². The van der Waals surface area contributed by atoms with Crippen molar-refractivity contribution in [1.82, 2.24) is 4.90 Å². The summed E-state index contributed by atoms with van der Waals surface area (Å²) in [6.07, 6.45) is 4.82. The van der Waals surface area contributed by atoms with Gasteiger partial charge in [0.15, 0.2) is 5.92 Å². The first kappa shape index (κ1) is 26.0. The summed E-state index contributed by atoms with van der Waals surface area (Å²) in [5.41, 5.74) is 2.66. The number of hydrogen-bond acceptors (Lipinski definition) is 5. The van der Waals surface area contributed by atoms with Gasteiger partial charge in [-0.1, -0.05) is 73.5 Å². The molecule has 1 aliphatic rings. The maximum atomic E-state index is 12.4. The fraction of sp³-hybridized carbons (Fsp3) is 0.517. The molecule has 1 fully saturated rings. The smallest absolute Gasteiger partial charge is 0.320 e. The molecule has 0 atom stereocenters. The van der Waals surface area contributed by atoms with E-state index in [0.29, 0.717) is 18.3 Å². The predicted molar refractivity (Wildman–Crippen MR) is 134 cm³/mol. The second-order valence-corrected chi connectivity index (χ2v) is 9.32. The second kappa shape index (κ2) is 13.9. The van der Waals surface area contributed by atoms with Crippen LogP contribution in [0.4, 0.5) is 0 Å². The zero-order chi connectivity index (χ0) is 24.2. The molecule has 34 heavy (non-hydrogen) atoms. The Kier molecular flexibility index (Phi) is 10.6. The van der Waals surface area contributed by atoms with Crippen molar-refractivity contribution in [3.8, 4) is 0 Å². The molecule has 0 amide bonds. The quantitative estimate of drug-likeness (QED) is 0.300. The van der Waals surface area contributed by atoms with Crippen LogP contribution in [-0.4, -0.2) is 36.6 Å². The Morgan fingerprint density at radius 1 is 0.765 bits per heavy atom. The number of carbonyl (C=O) groups is 2. The maximum Gasteiger partial charge on any atom is 0.320 e. The van der Waals surface area contributed by atoms with Gasteiger partial charge in [0, 0.05) is 19.6 Å². The van der Waals surface area contributed by atoms with Gasteiger partial charge < -0.3 is 9.47 Å². The highest BCUT2D eigenvalue weighted by atomic mass is 16.6. The number of rotatable bonds is 12. The summed E-state index contributed by atoms with van der Waals surface area (Å²) < 4.78 is 10.3. The van der Waals surface area contributed by atoms with Gasteiger partial charge in [-0.15, -0.1) is 0 Å². The van der Waals surface area contributed by atoms with Crippen molar-refractivity contribution in [3.63, 3.8) is 0 Å². The number of benzene rings is 2. The Morgan fingerprint density at radius 2 is 1.21 bits per heavy atom. The molecule has 3 rings (SSSR count). The topological polar surface area (TPSA) is 55.8 Å². The Labute approximate surface area is 204 Å². The van der Waals surface area contributed by atoms with Crippen molar-refractivity contribution in [1.29, 1.82) is 0 Å². The van der Waals surface area contributed by atoms with E-state index in [-0.39, 0.29) is 13.2 Å². The first-order valence-electron chi connectivity index (χ1n) is 12.7. The molecule has 1 saturated carbocycles. The Hall–Kier alpha value is -2.66. The third kappa shape index (κ3) is 8.28. The monoisotopic (exact) mass is 465 g/mol. The molecule has 0 radical (unpaired) electrons. The molecule has 2 aromatic rings. The lowest BCUT2D eigenvalue weighted by atomic mass is 9.77. The zero-order valence-electron chi connectivity index (χ0n) is 20.7. The summed E-state index contributed by atoms with van der Waals surface area (Å²) in [5.74, 6) is -0.715. The lowest BCUT2D eigenvalue weighted by molar-refractivity contribution is -0.162. The van der Waals surface area contributed by atoms with Gasteiger partial charge in [-0.3, -0.25) is 14.5 Å². The van der Waals surface area contributed by atoms with E-state index in [4.69, 9.17) is 9.47 Å². The van der Waals surface area contributed by atoms with E-state index in [1.54, 1.807) is 13.8 Å². The van der Waals surface area contributed by atoms with Crippen LogP contribution in [0.1, 0.15) is 57.1 Å². The molecule has 0 unspecified atom stereocenters. The van der Waals surface area contributed by atoms with Gasteiger partial charge >= 0.3 is 11.9 Å². The number of hydrogen-bond donors (Lipinski definition) is 0. The Bertz CT molecular complexity index is 803. The largest absolute Gasteiger partial charge is 0.465 e. The molecule has 0 bridgehead atoms. The molecule has 0 aliphatic heterocycles. The van der Waals surface area contributed by atoms with Crippen molar-refractivity contribution >= 4 is 11.9 Å². The summed E-state index contributed by atoms with van der Waals surface area (Å²) in [6, 6.07) is 21.3. The highest BCUT2D eigenvalue weighted by molar-refractivity contribution is 5.94. The van der Waals surface area contributed by atoms with Crippen LogP contribution in [0.2, 0.25) is 0 Å². The average Bonchev–Trinajstić information content (AvgIpc) is 2.85. The minimum Gasteiger partial charge on any atom is -0.465 e. The molecular weight excluding hydrogens is 426 g/mol. The Balaban J connectivity index is 1.56. The molecule has 0 saturated heterocycles. The van der Waals surface area contributed by atoms with Crippen LogP contribution in [-0.2, 0) is 32.2 Å². The summed E-state index contributed by atoms with van der Waals surface area (Å²) in [4.78, 5) is 27.3. The van der Waals surface area contributed by atoms with Gasteiger partial charge in [-0.25, -0.2) is 0 Å². The normalized spacial score (nSPS) is 18.1. The van der Waals surface area contributed by atoms with Crippen molar-refractivity contribution in [2.75, 3.05) is 19.8 Å². The number of carbonyl (C=O) groups excluding carboxylic acids is 2. The molecule has 5 heteroatoms. The molecule has 0 aromatic heterocycles. The predicted octanol–water partition coefficient (Wildman–Crippen LogP) is 5.63. The van der Waals surface area contributed by atoms with E-state index in [9.17, 15) is 9.59 Å². The number of esters is 2. The van der Waals surface area contributed by atoms with E-state index < -0.39 is 17.9 Å². The molecule has 2 aromatic carbocycles. The lowest BCUT2D eigenvalue weighted by Crippen LogP contribution is -2.33. The van der Waals surface area contributed by atoms with E-state index in [1.165, 1.54) is 11.1 Å². The third-order valence-electron chi connectivity index (χ3n) is 6.69. The highest BCUT2D eigenvalue weighted by Crippen LogP contribution is 2.34. The van der Waals surface area contributed by atoms with Crippen LogP contribution in [0, 0.1) is 17.8 Å². The van der Waals surface area contributed by atoms with Crippen molar-refractivity contribution < 1.29 is 19.1 Å². The van der Waals surface area contributed by atoms with Crippen LogP contribution >= 0.6 is 0 Å². The fourth-order valence-corrected chi connectivity index (χ4v) is 4.99. The summed E-state index contributed by atoms with van der Waals surface area (Å²) in [6.45, 7) is 7.01. The summed E-state index contributed by atoms with van der Waals surface area (Å²) >= 11 is 0. The molecule has 0 spiro atoms. The van der Waals surface area contributed by atoms with Gasteiger partial charge in [0.25, 0.3) is 0 Å². The third-order valence-corrected chi connectivity index (χ3v) is 6.69. The molecular formula is C29H39NO4. The molecule has 1 aliphatic carbocycles. The molecule has 5 nitrogen and oxygen atoms in total. The van der Waals surface area contributed by atoms with Gasteiger partial charge in [0.05, 0.1) is 13.2 Å². The van der Waals surface area contributed by atoms with E-state index in [0.717, 1.165) is 45.3 Å². The van der Waals surface area contributed by atoms with Crippen LogP contribution in [0.3, 0.4) is 0 Å². The van der Waals surface area contributed by atoms with Crippen molar-refractivity contribution in [3.05, 3.63) is 71.8 Å². The van der Waals surface area contributed by atoms with Gasteiger partial charge in [-0.05, 0) is 56.1 Å². The maximum absolute atomic E-state index is 12.4. The minimum absolute atomic E-state index is 0.278. The standard InChI is InChI=1S/C29H39NO4/c1-3-33-28(31)27(29(32)34-4-2)19-23-15-17-26(18-16-23)22-30(20-24-11-7-5-8-12-24)21-25-13-9-6-10-14-25/h5-14,23,26-27H,3-4,15-22H2,1-2H3. The SMILES string of the molecule is CCOC(=O)C(CC1CCC(CN(Cc2ccccc2)Cc2ccccc2)CC1)C(=O)OCC. The van der Waals surface area contributed by atoms with Crippen LogP contribution in [0.25, 0.3) is 0 Å². The van der Waals surface area contributed by atoms with E-state index in [2.05, 4.69) is 65.6 Å². The van der Waals surface area contributed by atoms with E-state index >= 15 is 0 Å². The van der Waals surface area contributed by atoms with E-state index in [1.807, 2.05) is 0 Å². The van der Waals surface area contributed by atoms with Crippen LogP contribution < -0.4 is 0 Å². The molecule has 0 N–H and O–H groups in total. The first-order chi connectivity index (χ1) is 16.6. The minimum atomic E-state index is -0.797. The molecule has 184 valence electrons. The first-order valence-corrected chi connectivity index (χ1v) is 12.7. The second-order valence-electron chi connectivity index (χ2n) is 9.32. The fourth-order valence-electron chi connectivity index (χ4n) is 4.99. The Morgan fingerprint density at radius 3 is 1.65 bits per heavy atom. The van der Waals surface area contributed by atoms with Crippen molar-refractivity contribution in [2.45, 2.75) is 59.0 Å². The van der Waals surface area contributed by atoms with Crippen molar-refractivity contribution in [2.24, 2.45) is 17.8 Å². The molecule has 0 heterocycles. The average molecular weight is 466 g/mol. The zero-order valence-corrected chi connectivity index (χ0v) is 20.7. The lowest BCUT2D eigenvalue weighted by Gasteiger charge is -2.33.